The molecule has 2 heterocycles. The van der Waals surface area contributed by atoms with Gasteiger partial charge in [-0.2, -0.15) is 0 Å². The fraction of sp³-hybridized carbons (Fsp3) is 0.316. The molecule has 1 aliphatic heterocycles. The number of benzene rings is 1. The molecule has 6 heteroatoms. The molecule has 0 bridgehead atoms. The van der Waals surface area contributed by atoms with E-state index >= 15 is 0 Å². The average molecular weight is 339 g/mol. The SMILES string of the molecule is O=C(Cc1ccccc1)NCC(=O)N1CCN(c2cccc[nH+]2)CC1. The van der Waals surface area contributed by atoms with E-state index in [4.69, 9.17) is 0 Å². The van der Waals surface area contributed by atoms with E-state index < -0.39 is 0 Å². The number of piperazine rings is 1. The van der Waals surface area contributed by atoms with Crippen LogP contribution in [0.2, 0.25) is 0 Å². The number of anilines is 1. The largest absolute Gasteiger partial charge is 0.347 e. The molecule has 2 aromatic rings. The molecule has 0 saturated carbocycles. The van der Waals surface area contributed by atoms with Crippen molar-refractivity contribution in [3.63, 3.8) is 0 Å². The Morgan fingerprint density at radius 3 is 2.36 bits per heavy atom. The second-order valence-corrected chi connectivity index (χ2v) is 6.05. The van der Waals surface area contributed by atoms with Gasteiger partial charge in [0.2, 0.25) is 11.8 Å². The smallest absolute Gasteiger partial charge is 0.274 e. The molecule has 0 aliphatic carbocycles. The van der Waals surface area contributed by atoms with E-state index in [1.54, 1.807) is 0 Å². The number of aromatic amines is 1. The van der Waals surface area contributed by atoms with Crippen molar-refractivity contribution in [2.75, 3.05) is 37.6 Å². The normalized spacial score (nSPS) is 14.2. The molecule has 1 aliphatic rings. The van der Waals surface area contributed by atoms with Crippen LogP contribution in [0.4, 0.5) is 5.82 Å². The first-order chi connectivity index (χ1) is 12.2. The Morgan fingerprint density at radius 1 is 0.960 bits per heavy atom. The molecule has 1 fully saturated rings. The van der Waals surface area contributed by atoms with E-state index in [1.807, 2.05) is 59.6 Å². The van der Waals surface area contributed by atoms with Gasteiger partial charge in [-0.05, 0) is 11.6 Å². The van der Waals surface area contributed by atoms with Gasteiger partial charge in [0.25, 0.3) is 5.82 Å². The highest BCUT2D eigenvalue weighted by molar-refractivity contribution is 5.85. The summed E-state index contributed by atoms with van der Waals surface area (Å²) in [4.78, 5) is 31.5. The minimum atomic E-state index is -0.128. The Balaban J connectivity index is 1.41. The number of aromatic nitrogens is 1. The van der Waals surface area contributed by atoms with E-state index in [9.17, 15) is 9.59 Å². The number of nitrogens with zero attached hydrogens (tertiary/aromatic N) is 2. The quantitative estimate of drug-likeness (QED) is 0.863. The van der Waals surface area contributed by atoms with Crippen LogP contribution in [0.3, 0.4) is 0 Å². The summed E-state index contributed by atoms with van der Waals surface area (Å²) in [5.41, 5.74) is 0.945. The lowest BCUT2D eigenvalue weighted by Gasteiger charge is -2.31. The Labute approximate surface area is 147 Å². The van der Waals surface area contributed by atoms with Crippen molar-refractivity contribution in [3.05, 3.63) is 60.3 Å². The molecule has 1 saturated heterocycles. The van der Waals surface area contributed by atoms with E-state index in [2.05, 4.69) is 15.2 Å². The third-order valence-corrected chi connectivity index (χ3v) is 4.31. The van der Waals surface area contributed by atoms with Crippen LogP contribution in [0.1, 0.15) is 5.56 Å². The van der Waals surface area contributed by atoms with E-state index in [0.29, 0.717) is 19.5 Å². The zero-order chi connectivity index (χ0) is 17.5. The van der Waals surface area contributed by atoms with Crippen LogP contribution < -0.4 is 15.2 Å². The molecule has 1 aromatic heterocycles. The fourth-order valence-corrected chi connectivity index (χ4v) is 2.91. The van der Waals surface area contributed by atoms with Gasteiger partial charge >= 0.3 is 0 Å². The highest BCUT2D eigenvalue weighted by Crippen LogP contribution is 2.09. The van der Waals surface area contributed by atoms with Gasteiger partial charge in [-0.15, -0.1) is 0 Å². The zero-order valence-corrected chi connectivity index (χ0v) is 14.1. The molecule has 0 spiro atoms. The highest BCUT2D eigenvalue weighted by Gasteiger charge is 2.25. The third kappa shape index (κ3) is 4.79. The summed E-state index contributed by atoms with van der Waals surface area (Å²) >= 11 is 0. The van der Waals surface area contributed by atoms with Gasteiger partial charge in [0.1, 0.15) is 13.1 Å². The van der Waals surface area contributed by atoms with Crippen LogP contribution >= 0.6 is 0 Å². The first kappa shape index (κ1) is 17.0. The summed E-state index contributed by atoms with van der Waals surface area (Å²) in [5, 5.41) is 2.72. The Hall–Kier alpha value is -2.89. The van der Waals surface area contributed by atoms with Gasteiger partial charge < -0.3 is 10.2 Å². The lowest BCUT2D eigenvalue weighted by Crippen LogP contribution is -2.52. The lowest BCUT2D eigenvalue weighted by molar-refractivity contribution is -0.364. The fourth-order valence-electron chi connectivity index (χ4n) is 2.91. The maximum Gasteiger partial charge on any atom is 0.274 e. The molecule has 2 N–H and O–H groups in total. The predicted octanol–water partition coefficient (Wildman–Crippen LogP) is 0.508. The molecule has 3 rings (SSSR count). The molecular formula is C19H23N4O2+. The minimum Gasteiger partial charge on any atom is -0.347 e. The van der Waals surface area contributed by atoms with E-state index in [0.717, 1.165) is 24.5 Å². The summed E-state index contributed by atoms with van der Waals surface area (Å²) in [6.07, 6.45) is 2.20. The molecule has 0 atom stereocenters. The molecule has 1 aromatic carbocycles. The van der Waals surface area contributed by atoms with Gasteiger partial charge in [-0.3, -0.25) is 14.5 Å². The summed E-state index contributed by atoms with van der Waals surface area (Å²) in [7, 11) is 0. The number of carbonyl (C=O) groups excluding carboxylic acids is 2. The van der Waals surface area contributed by atoms with Crippen LogP contribution in [0.15, 0.2) is 54.7 Å². The first-order valence-electron chi connectivity index (χ1n) is 8.52. The van der Waals surface area contributed by atoms with Crippen LogP contribution in [0.25, 0.3) is 0 Å². The standard InChI is InChI=1S/C19H22N4O2/c24-18(14-16-6-2-1-3-7-16)21-15-19(25)23-12-10-22(11-13-23)17-8-4-5-9-20-17/h1-9H,10-15H2,(H,21,24)/p+1. The summed E-state index contributed by atoms with van der Waals surface area (Å²) in [5.74, 6) is 0.904. The average Bonchev–Trinajstić information content (AvgIpc) is 2.68. The number of rotatable bonds is 5. The van der Waals surface area contributed by atoms with E-state index in [-0.39, 0.29) is 18.4 Å². The Bertz CT molecular complexity index is 698. The number of hydrogen-bond donors (Lipinski definition) is 1. The summed E-state index contributed by atoms with van der Waals surface area (Å²) < 4.78 is 0. The monoisotopic (exact) mass is 339 g/mol. The maximum absolute atomic E-state index is 12.3. The van der Waals surface area contributed by atoms with Crippen molar-refractivity contribution in [2.24, 2.45) is 0 Å². The highest BCUT2D eigenvalue weighted by atomic mass is 16.2. The number of H-pyrrole nitrogens is 1. The van der Waals surface area contributed by atoms with Crippen molar-refractivity contribution >= 4 is 17.6 Å². The maximum atomic E-state index is 12.3. The Kier molecular flexibility index (Phi) is 5.61. The number of amides is 2. The molecule has 0 radical (unpaired) electrons. The molecule has 130 valence electrons. The van der Waals surface area contributed by atoms with Crippen molar-refractivity contribution < 1.29 is 14.6 Å². The molecule has 25 heavy (non-hydrogen) atoms. The minimum absolute atomic E-state index is 0.0295. The van der Waals surface area contributed by atoms with Crippen molar-refractivity contribution in [1.82, 2.24) is 10.2 Å². The molecule has 6 nitrogen and oxygen atoms in total. The van der Waals surface area contributed by atoms with Crippen molar-refractivity contribution in [2.45, 2.75) is 6.42 Å². The van der Waals surface area contributed by atoms with Crippen molar-refractivity contribution in [1.29, 1.82) is 0 Å². The second kappa shape index (κ2) is 8.28. The van der Waals surface area contributed by atoms with E-state index in [1.165, 1.54) is 0 Å². The van der Waals surface area contributed by atoms with Gasteiger partial charge in [-0.25, -0.2) is 4.98 Å². The first-order valence-corrected chi connectivity index (χ1v) is 8.52. The number of hydrogen-bond acceptors (Lipinski definition) is 3. The van der Waals surface area contributed by atoms with Crippen molar-refractivity contribution in [3.8, 4) is 0 Å². The zero-order valence-electron chi connectivity index (χ0n) is 14.1. The number of carbonyl (C=O) groups is 2. The topological polar surface area (TPSA) is 66.8 Å². The second-order valence-electron chi connectivity index (χ2n) is 6.05. The molecule has 2 amide bonds. The van der Waals surface area contributed by atoms with Gasteiger partial charge in [0, 0.05) is 6.07 Å². The van der Waals surface area contributed by atoms with Crippen LogP contribution in [0.5, 0.6) is 0 Å². The van der Waals surface area contributed by atoms with Gasteiger partial charge in [-0.1, -0.05) is 36.4 Å². The summed E-state index contributed by atoms with van der Waals surface area (Å²) in [6.45, 7) is 2.95. The Morgan fingerprint density at radius 2 is 1.68 bits per heavy atom. The molecular weight excluding hydrogens is 316 g/mol. The van der Waals surface area contributed by atoms with Gasteiger partial charge in [0.05, 0.1) is 32.3 Å². The molecule has 0 unspecified atom stereocenters. The lowest BCUT2D eigenvalue weighted by atomic mass is 10.1. The number of pyridine rings is 1. The van der Waals surface area contributed by atoms with Crippen LogP contribution in [0, 0.1) is 0 Å². The van der Waals surface area contributed by atoms with Crippen LogP contribution in [-0.2, 0) is 16.0 Å². The summed E-state index contributed by atoms with van der Waals surface area (Å²) in [6, 6.07) is 15.5. The van der Waals surface area contributed by atoms with Crippen LogP contribution in [-0.4, -0.2) is 49.4 Å². The number of nitrogens with one attached hydrogen (secondary N) is 2. The van der Waals surface area contributed by atoms with Gasteiger partial charge in [0.15, 0.2) is 0 Å². The predicted molar refractivity (Wildman–Crippen MR) is 94.9 cm³/mol. The third-order valence-electron chi connectivity index (χ3n) is 4.31.